The summed E-state index contributed by atoms with van der Waals surface area (Å²) in [5.41, 5.74) is 6.06. The van der Waals surface area contributed by atoms with Crippen molar-refractivity contribution in [2.75, 3.05) is 45.3 Å². The number of methoxy groups -OCH3 is 1. The predicted molar refractivity (Wildman–Crippen MR) is 153 cm³/mol. The Bertz CT molecular complexity index is 1480. The molecule has 13 heteroatoms. The third-order valence-electron chi connectivity index (χ3n) is 7.07. The average molecular weight is 604 g/mol. The van der Waals surface area contributed by atoms with Crippen LogP contribution in [0.3, 0.4) is 0 Å². The van der Waals surface area contributed by atoms with Gasteiger partial charge in [0.2, 0.25) is 5.82 Å². The van der Waals surface area contributed by atoms with E-state index in [1.54, 1.807) is 4.90 Å². The van der Waals surface area contributed by atoms with Crippen molar-refractivity contribution in [3.05, 3.63) is 64.6 Å². The van der Waals surface area contributed by atoms with Gasteiger partial charge in [-0.3, -0.25) is 14.4 Å². The van der Waals surface area contributed by atoms with Gasteiger partial charge in [-0.05, 0) is 42.7 Å². The number of ketones is 1. The molecule has 0 bridgehead atoms. The molecule has 224 valence electrons. The van der Waals surface area contributed by atoms with Crippen LogP contribution >= 0.6 is 11.6 Å². The first kappa shape index (κ1) is 31.1. The van der Waals surface area contributed by atoms with Gasteiger partial charge in [0.25, 0.3) is 11.8 Å². The third kappa shape index (κ3) is 6.94. The van der Waals surface area contributed by atoms with E-state index in [2.05, 4.69) is 10.3 Å². The summed E-state index contributed by atoms with van der Waals surface area (Å²) in [4.78, 5) is 44.0. The number of likely N-dealkylation sites (tertiary alicyclic amines) is 1. The highest BCUT2D eigenvalue weighted by Gasteiger charge is 2.29. The molecule has 1 atom stereocenters. The van der Waals surface area contributed by atoms with Gasteiger partial charge in [-0.25, -0.2) is 9.37 Å². The molecule has 0 saturated carbocycles. The molecule has 4 rings (SSSR count). The lowest BCUT2D eigenvalue weighted by Crippen LogP contribution is -2.29. The van der Waals surface area contributed by atoms with Crippen molar-refractivity contribution in [1.29, 1.82) is 0 Å². The number of nitrogens with two attached hydrogens (primary N) is 1. The summed E-state index contributed by atoms with van der Waals surface area (Å²) < 4.78 is 40.2. The SMILES string of the molecule is COc1ccc(-c2cnc(C(=O)Nc3ccc(C(=O)N4CCC(CC(=O)CCOCCN)C4)c(Cl)c3)n2C)c(F)c1F. The molecule has 3 N–H and O–H groups in total. The van der Waals surface area contributed by atoms with Gasteiger partial charge < -0.3 is 30.0 Å². The van der Waals surface area contributed by atoms with Crippen LogP contribution in [-0.2, 0) is 16.6 Å². The number of halogens is 3. The van der Waals surface area contributed by atoms with E-state index in [1.165, 1.54) is 55.3 Å². The van der Waals surface area contributed by atoms with Crippen LogP contribution in [0.25, 0.3) is 11.3 Å². The molecule has 1 aromatic heterocycles. The summed E-state index contributed by atoms with van der Waals surface area (Å²) in [7, 11) is 2.73. The molecule has 10 nitrogen and oxygen atoms in total. The van der Waals surface area contributed by atoms with Crippen LogP contribution in [0.5, 0.6) is 5.75 Å². The standard InChI is InChI=1S/C29H32ClF2N5O5/c1-36-23(21-5-6-24(41-2)26(32)25(21)31)15-34-27(36)28(39)35-18-3-4-20(22(30)14-18)29(40)37-10-7-17(16-37)13-19(38)8-11-42-12-9-33/h3-6,14-15,17H,7-13,16,33H2,1-2H3,(H,35,39). The Morgan fingerprint density at radius 1 is 1.17 bits per heavy atom. The highest BCUT2D eigenvalue weighted by atomic mass is 35.5. The van der Waals surface area contributed by atoms with E-state index in [4.69, 9.17) is 26.8 Å². The van der Waals surface area contributed by atoms with Crippen LogP contribution in [0.1, 0.15) is 40.2 Å². The summed E-state index contributed by atoms with van der Waals surface area (Å²) in [5, 5.41) is 2.81. The van der Waals surface area contributed by atoms with Gasteiger partial charge in [0.05, 0.1) is 42.8 Å². The first-order valence-corrected chi connectivity index (χ1v) is 13.8. The van der Waals surface area contributed by atoms with Gasteiger partial charge in [0.15, 0.2) is 17.4 Å². The Morgan fingerprint density at radius 3 is 2.67 bits per heavy atom. The summed E-state index contributed by atoms with van der Waals surface area (Å²) in [6.07, 6.45) is 2.68. The largest absolute Gasteiger partial charge is 0.494 e. The number of aromatic nitrogens is 2. The summed E-state index contributed by atoms with van der Waals surface area (Å²) in [6, 6.07) is 7.14. The number of ether oxygens (including phenoxy) is 2. The molecule has 1 aliphatic heterocycles. The van der Waals surface area contributed by atoms with Gasteiger partial charge in [0, 0.05) is 50.8 Å². The number of benzene rings is 2. The number of nitrogens with one attached hydrogen (secondary N) is 1. The second-order valence-corrected chi connectivity index (χ2v) is 10.3. The number of amides is 2. The molecule has 2 amide bonds. The van der Waals surface area contributed by atoms with E-state index < -0.39 is 17.5 Å². The molecule has 0 aliphatic carbocycles. The van der Waals surface area contributed by atoms with Crippen LogP contribution in [-0.4, -0.2) is 72.0 Å². The number of rotatable bonds is 12. The number of imidazole rings is 1. The van der Waals surface area contributed by atoms with Crippen LogP contribution in [0.2, 0.25) is 5.02 Å². The number of hydrogen-bond acceptors (Lipinski definition) is 7. The number of carbonyl (C=O) groups excluding carboxylic acids is 3. The Morgan fingerprint density at radius 2 is 1.95 bits per heavy atom. The summed E-state index contributed by atoms with van der Waals surface area (Å²) in [6.45, 7) is 2.12. The molecule has 0 radical (unpaired) electrons. The summed E-state index contributed by atoms with van der Waals surface area (Å²) >= 11 is 6.42. The monoisotopic (exact) mass is 603 g/mol. The highest BCUT2D eigenvalue weighted by Crippen LogP contribution is 2.31. The van der Waals surface area contributed by atoms with Crippen LogP contribution < -0.4 is 15.8 Å². The Labute approximate surface area is 246 Å². The van der Waals surface area contributed by atoms with E-state index in [0.717, 1.165) is 0 Å². The molecular formula is C29H32ClF2N5O5. The zero-order chi connectivity index (χ0) is 30.4. The lowest BCUT2D eigenvalue weighted by molar-refractivity contribution is -0.120. The predicted octanol–water partition coefficient (Wildman–Crippen LogP) is 4.07. The number of hydrogen-bond donors (Lipinski definition) is 2. The lowest BCUT2D eigenvalue weighted by Gasteiger charge is -2.18. The second-order valence-electron chi connectivity index (χ2n) is 9.92. The fourth-order valence-electron chi connectivity index (χ4n) is 4.86. The number of anilines is 1. The van der Waals surface area contributed by atoms with Crippen molar-refractivity contribution < 1.29 is 32.6 Å². The maximum Gasteiger partial charge on any atom is 0.291 e. The van der Waals surface area contributed by atoms with Crippen molar-refractivity contribution in [2.45, 2.75) is 19.3 Å². The molecule has 2 aromatic carbocycles. The maximum absolute atomic E-state index is 14.6. The molecule has 0 spiro atoms. The van der Waals surface area contributed by atoms with Crippen molar-refractivity contribution >= 4 is 34.9 Å². The van der Waals surface area contributed by atoms with Gasteiger partial charge in [-0.2, -0.15) is 4.39 Å². The molecule has 1 saturated heterocycles. The minimum atomic E-state index is -1.14. The molecular weight excluding hydrogens is 572 g/mol. The molecule has 2 heterocycles. The van der Waals surface area contributed by atoms with Gasteiger partial charge in [-0.1, -0.05) is 11.6 Å². The fourth-order valence-corrected chi connectivity index (χ4v) is 5.12. The van der Waals surface area contributed by atoms with Crippen LogP contribution in [0.4, 0.5) is 14.5 Å². The number of Topliss-reactive ketones (excluding diaryl/α,β-unsaturated/α-hetero) is 1. The van der Waals surface area contributed by atoms with Crippen LogP contribution in [0, 0.1) is 17.6 Å². The van der Waals surface area contributed by atoms with Crippen LogP contribution in [0.15, 0.2) is 36.5 Å². The lowest BCUT2D eigenvalue weighted by atomic mass is 10.0. The zero-order valence-electron chi connectivity index (χ0n) is 23.3. The highest BCUT2D eigenvalue weighted by molar-refractivity contribution is 6.34. The van der Waals surface area contributed by atoms with Gasteiger partial charge in [-0.15, -0.1) is 0 Å². The van der Waals surface area contributed by atoms with Crippen molar-refractivity contribution in [1.82, 2.24) is 14.5 Å². The smallest absolute Gasteiger partial charge is 0.291 e. The third-order valence-corrected chi connectivity index (χ3v) is 7.38. The fraction of sp³-hybridized carbons (Fsp3) is 0.379. The van der Waals surface area contributed by atoms with E-state index in [0.29, 0.717) is 57.8 Å². The van der Waals surface area contributed by atoms with E-state index in [1.807, 2.05) is 0 Å². The van der Waals surface area contributed by atoms with E-state index in [9.17, 15) is 23.2 Å². The number of nitrogens with zero attached hydrogens (tertiary/aromatic N) is 3. The van der Waals surface area contributed by atoms with Gasteiger partial charge in [0.1, 0.15) is 5.78 Å². The van der Waals surface area contributed by atoms with Crippen molar-refractivity contribution in [2.24, 2.45) is 18.7 Å². The first-order valence-electron chi connectivity index (χ1n) is 13.4. The van der Waals surface area contributed by atoms with Gasteiger partial charge >= 0.3 is 0 Å². The minimum Gasteiger partial charge on any atom is -0.494 e. The Kier molecular flexibility index (Phi) is 10.3. The minimum absolute atomic E-state index is 0.0551. The molecule has 1 unspecified atom stereocenters. The van der Waals surface area contributed by atoms with E-state index in [-0.39, 0.29) is 51.0 Å². The normalized spacial score (nSPS) is 14.7. The maximum atomic E-state index is 14.6. The molecule has 1 aliphatic rings. The molecule has 3 aromatic rings. The zero-order valence-corrected chi connectivity index (χ0v) is 24.0. The second kappa shape index (κ2) is 13.9. The molecule has 1 fully saturated rings. The summed E-state index contributed by atoms with van der Waals surface area (Å²) in [5.74, 6) is -3.29. The Hall–Kier alpha value is -3.87. The van der Waals surface area contributed by atoms with Crippen molar-refractivity contribution in [3.63, 3.8) is 0 Å². The molecule has 42 heavy (non-hydrogen) atoms. The Balaban J connectivity index is 1.37. The average Bonchev–Trinajstić information content (AvgIpc) is 3.59. The quantitative estimate of drug-likeness (QED) is 0.299. The first-order chi connectivity index (χ1) is 20.1. The topological polar surface area (TPSA) is 129 Å². The van der Waals surface area contributed by atoms with E-state index >= 15 is 0 Å². The van der Waals surface area contributed by atoms with Crippen molar-refractivity contribution in [3.8, 4) is 17.0 Å². The number of carbonyl (C=O) groups is 3.